The van der Waals surface area contributed by atoms with Crippen LogP contribution in [0.5, 0.6) is 0 Å². The third kappa shape index (κ3) is 6.27. The standard InChI is InChI=1S/C26H23F7N6O3/c1-12(37-19-10-36-38-22(40)20(19)26(31,32)33)5-15(27)11-39-4-3-13-6-17(18(28)7-16(13)23(39)41)21-34-8-14(9-35-21)25(2,42)24(29)30/h3-4,6-10,12,15,24,42H,5,11H2,1-2H3,(H2,37,38,40). The summed E-state index contributed by atoms with van der Waals surface area (Å²) >= 11 is 0. The first-order chi connectivity index (χ1) is 19.6. The molecule has 9 nitrogen and oxygen atoms in total. The van der Waals surface area contributed by atoms with Gasteiger partial charge in [-0.3, -0.25) is 9.59 Å². The normalized spacial score (nSPS) is 15.0. The lowest BCUT2D eigenvalue weighted by Crippen LogP contribution is -2.30. The Labute approximate surface area is 232 Å². The number of aliphatic hydroxyl groups is 1. The first kappa shape index (κ1) is 30.6. The Bertz CT molecular complexity index is 1700. The molecule has 3 N–H and O–H groups in total. The molecule has 3 atom stereocenters. The van der Waals surface area contributed by atoms with E-state index in [4.69, 9.17) is 0 Å². The van der Waals surface area contributed by atoms with E-state index in [1.165, 1.54) is 25.3 Å². The SMILES string of the molecule is CC(CC(F)Cn1ccc2cc(-c3ncc(C(C)(O)C(F)F)cn3)c(F)cc2c1=O)Nc1cn[nH]c(=O)c1C(F)(F)F. The van der Waals surface area contributed by atoms with E-state index in [1.54, 1.807) is 5.10 Å². The van der Waals surface area contributed by atoms with Crippen molar-refractivity contribution in [2.45, 2.75) is 57.2 Å². The van der Waals surface area contributed by atoms with Gasteiger partial charge in [-0.2, -0.15) is 18.3 Å². The van der Waals surface area contributed by atoms with E-state index in [-0.39, 0.29) is 34.1 Å². The second-order valence-corrected chi connectivity index (χ2v) is 9.80. The van der Waals surface area contributed by atoms with Crippen LogP contribution in [0.3, 0.4) is 0 Å². The second kappa shape index (κ2) is 11.5. The molecule has 0 aliphatic heterocycles. The van der Waals surface area contributed by atoms with Crippen LogP contribution in [0.15, 0.2) is 52.6 Å². The first-order valence-corrected chi connectivity index (χ1v) is 12.3. The van der Waals surface area contributed by atoms with Gasteiger partial charge in [0.25, 0.3) is 17.5 Å². The van der Waals surface area contributed by atoms with Gasteiger partial charge < -0.3 is 15.0 Å². The molecule has 0 aliphatic carbocycles. The summed E-state index contributed by atoms with van der Waals surface area (Å²) < 4.78 is 96.7. The van der Waals surface area contributed by atoms with E-state index in [9.17, 15) is 45.4 Å². The first-order valence-electron chi connectivity index (χ1n) is 12.3. The zero-order valence-electron chi connectivity index (χ0n) is 21.9. The number of nitrogens with zero attached hydrogens (tertiary/aromatic N) is 4. The zero-order chi connectivity index (χ0) is 31.0. The van der Waals surface area contributed by atoms with Gasteiger partial charge in [-0.25, -0.2) is 32.6 Å². The molecule has 0 spiro atoms. The fraction of sp³-hybridized carbons (Fsp3) is 0.346. The van der Waals surface area contributed by atoms with Crippen LogP contribution >= 0.6 is 0 Å². The number of halogens is 7. The van der Waals surface area contributed by atoms with E-state index in [2.05, 4.69) is 20.4 Å². The summed E-state index contributed by atoms with van der Waals surface area (Å²) in [7, 11) is 0. The molecule has 3 heterocycles. The van der Waals surface area contributed by atoms with Crippen LogP contribution in [0, 0.1) is 5.82 Å². The summed E-state index contributed by atoms with van der Waals surface area (Å²) in [4.78, 5) is 32.3. The molecule has 3 unspecified atom stereocenters. The van der Waals surface area contributed by atoms with E-state index >= 15 is 0 Å². The van der Waals surface area contributed by atoms with Crippen LogP contribution in [-0.4, -0.2) is 48.5 Å². The molecule has 1 aromatic carbocycles. The molecule has 3 aromatic heterocycles. The Kier molecular flexibility index (Phi) is 8.39. The highest BCUT2D eigenvalue weighted by molar-refractivity contribution is 5.86. The molecule has 0 amide bonds. The van der Waals surface area contributed by atoms with Crippen molar-refractivity contribution >= 4 is 16.5 Å². The van der Waals surface area contributed by atoms with Gasteiger partial charge in [0.05, 0.1) is 29.4 Å². The molecule has 16 heteroatoms. The number of H-pyrrole nitrogens is 1. The maximum absolute atomic E-state index is 15.0. The van der Waals surface area contributed by atoms with Crippen LogP contribution in [-0.2, 0) is 18.3 Å². The van der Waals surface area contributed by atoms with Crippen molar-refractivity contribution in [2.75, 3.05) is 5.32 Å². The molecule has 42 heavy (non-hydrogen) atoms. The van der Waals surface area contributed by atoms with Gasteiger partial charge in [0.2, 0.25) is 0 Å². The second-order valence-electron chi connectivity index (χ2n) is 9.80. The Balaban J connectivity index is 1.52. The van der Waals surface area contributed by atoms with Crippen molar-refractivity contribution in [1.29, 1.82) is 0 Å². The molecule has 0 fully saturated rings. The molecule has 0 radical (unpaired) electrons. The number of hydrogen-bond donors (Lipinski definition) is 3. The number of alkyl halides is 6. The number of anilines is 1. The quantitative estimate of drug-likeness (QED) is 0.243. The zero-order valence-corrected chi connectivity index (χ0v) is 21.9. The van der Waals surface area contributed by atoms with Gasteiger partial charge in [0.15, 0.2) is 11.4 Å². The smallest absolute Gasteiger partial charge is 0.381 e. The Hall–Kier alpha value is -4.34. The summed E-state index contributed by atoms with van der Waals surface area (Å²) in [5.41, 5.74) is -7.30. The van der Waals surface area contributed by atoms with Gasteiger partial charge >= 0.3 is 6.18 Å². The Morgan fingerprint density at radius 1 is 1.10 bits per heavy atom. The molecular weight excluding hydrogens is 577 g/mol. The third-order valence-corrected chi connectivity index (χ3v) is 6.51. The van der Waals surface area contributed by atoms with E-state index in [0.29, 0.717) is 0 Å². The largest absolute Gasteiger partial charge is 0.423 e. The van der Waals surface area contributed by atoms with Gasteiger partial charge in [0.1, 0.15) is 17.6 Å². The summed E-state index contributed by atoms with van der Waals surface area (Å²) in [6, 6.07) is 2.65. The highest BCUT2D eigenvalue weighted by Crippen LogP contribution is 2.32. The van der Waals surface area contributed by atoms with Crippen molar-refractivity contribution in [3.8, 4) is 11.4 Å². The van der Waals surface area contributed by atoms with Crippen LogP contribution < -0.4 is 16.4 Å². The number of nitrogens with one attached hydrogen (secondary N) is 2. The predicted octanol–water partition coefficient (Wildman–Crippen LogP) is 4.40. The Morgan fingerprint density at radius 2 is 1.76 bits per heavy atom. The third-order valence-electron chi connectivity index (χ3n) is 6.51. The monoisotopic (exact) mass is 600 g/mol. The minimum Gasteiger partial charge on any atom is -0.381 e. The molecule has 224 valence electrons. The lowest BCUT2D eigenvalue weighted by molar-refractivity contribution is -0.138. The number of aromatic nitrogens is 5. The maximum atomic E-state index is 15.0. The van der Waals surface area contributed by atoms with Gasteiger partial charge in [-0.05, 0) is 37.4 Å². The van der Waals surface area contributed by atoms with E-state index in [1.807, 2.05) is 0 Å². The topological polar surface area (TPSA) is 126 Å². The van der Waals surface area contributed by atoms with E-state index < -0.39 is 65.1 Å². The minimum absolute atomic E-state index is 0.112. The molecule has 0 bridgehead atoms. The minimum atomic E-state index is -4.98. The number of pyridine rings is 1. The fourth-order valence-corrected chi connectivity index (χ4v) is 4.26. The van der Waals surface area contributed by atoms with Crippen LogP contribution in [0.4, 0.5) is 36.4 Å². The molecule has 0 aliphatic rings. The number of fused-ring (bicyclic) bond motifs is 1. The lowest BCUT2D eigenvalue weighted by Gasteiger charge is -2.21. The highest BCUT2D eigenvalue weighted by atomic mass is 19.4. The Morgan fingerprint density at radius 3 is 2.38 bits per heavy atom. The van der Waals surface area contributed by atoms with Crippen molar-refractivity contribution in [1.82, 2.24) is 24.7 Å². The van der Waals surface area contributed by atoms with Gasteiger partial charge in [0, 0.05) is 36.6 Å². The van der Waals surface area contributed by atoms with Crippen LogP contribution in [0.2, 0.25) is 0 Å². The summed E-state index contributed by atoms with van der Waals surface area (Å²) in [5.74, 6) is -1.12. The summed E-state index contributed by atoms with van der Waals surface area (Å²) in [6.07, 6.45) is -6.30. The van der Waals surface area contributed by atoms with Crippen molar-refractivity contribution in [2.24, 2.45) is 0 Å². The number of hydrogen-bond acceptors (Lipinski definition) is 7. The molecule has 4 rings (SSSR count). The van der Waals surface area contributed by atoms with E-state index in [0.717, 1.165) is 36.1 Å². The van der Waals surface area contributed by atoms with Gasteiger partial charge in [-0.15, -0.1) is 0 Å². The van der Waals surface area contributed by atoms with Crippen LogP contribution in [0.25, 0.3) is 22.2 Å². The number of rotatable bonds is 9. The lowest BCUT2D eigenvalue weighted by atomic mass is 10.00. The predicted molar refractivity (Wildman–Crippen MR) is 137 cm³/mol. The summed E-state index contributed by atoms with van der Waals surface area (Å²) in [6.45, 7) is 1.76. The average molecular weight is 600 g/mol. The summed E-state index contributed by atoms with van der Waals surface area (Å²) in [5, 5.41) is 17.5. The highest BCUT2D eigenvalue weighted by Gasteiger charge is 2.38. The number of aromatic amines is 1. The number of benzene rings is 1. The molecule has 0 saturated carbocycles. The average Bonchev–Trinajstić information content (AvgIpc) is 2.89. The molecular formula is C26H23F7N6O3. The van der Waals surface area contributed by atoms with Crippen molar-refractivity contribution in [3.05, 3.63) is 80.6 Å². The molecule has 0 saturated heterocycles. The molecule has 4 aromatic rings. The van der Waals surface area contributed by atoms with Gasteiger partial charge in [-0.1, -0.05) is 0 Å². The van der Waals surface area contributed by atoms with Crippen LogP contribution in [0.1, 0.15) is 31.4 Å². The van der Waals surface area contributed by atoms with Crippen molar-refractivity contribution < 1.29 is 35.8 Å². The fourth-order valence-electron chi connectivity index (χ4n) is 4.26. The maximum Gasteiger partial charge on any atom is 0.423 e. The van der Waals surface area contributed by atoms with Crippen molar-refractivity contribution in [3.63, 3.8) is 0 Å².